The summed E-state index contributed by atoms with van der Waals surface area (Å²) in [4.78, 5) is 12.6. The third-order valence-electron chi connectivity index (χ3n) is 4.33. The predicted octanol–water partition coefficient (Wildman–Crippen LogP) is 4.56. The Morgan fingerprint density at radius 1 is 1.12 bits per heavy atom. The van der Waals surface area contributed by atoms with E-state index in [0.29, 0.717) is 23.0 Å². The minimum absolute atomic E-state index is 0.143. The van der Waals surface area contributed by atoms with Gasteiger partial charge in [0.2, 0.25) is 0 Å². The zero-order chi connectivity index (χ0) is 18.0. The average Bonchev–Trinajstić information content (AvgIpc) is 3.12. The van der Waals surface area contributed by atoms with Gasteiger partial charge in [-0.15, -0.1) is 0 Å². The topological polar surface area (TPSA) is 63.2 Å². The van der Waals surface area contributed by atoms with Crippen LogP contribution in [0.3, 0.4) is 0 Å². The van der Waals surface area contributed by atoms with Gasteiger partial charge in [0, 0.05) is 10.2 Å². The summed E-state index contributed by atoms with van der Waals surface area (Å²) in [6.45, 7) is 0. The number of hydrogen-bond donors (Lipinski definition) is 1. The SMILES string of the molecule is O=C(Nc1cccc(S(=O)(=O)C2CCCC2)c1)c1cc(F)ccc1Br. The summed E-state index contributed by atoms with van der Waals surface area (Å²) >= 11 is 3.21. The average molecular weight is 426 g/mol. The normalized spacial score (nSPS) is 15.3. The number of carbonyl (C=O) groups is 1. The highest BCUT2D eigenvalue weighted by Crippen LogP contribution is 2.30. The van der Waals surface area contributed by atoms with Gasteiger partial charge in [0.1, 0.15) is 5.82 Å². The van der Waals surface area contributed by atoms with Gasteiger partial charge in [0.05, 0.1) is 15.7 Å². The molecule has 4 nitrogen and oxygen atoms in total. The van der Waals surface area contributed by atoms with Crippen molar-refractivity contribution in [2.45, 2.75) is 35.8 Å². The molecule has 7 heteroatoms. The van der Waals surface area contributed by atoms with Gasteiger partial charge in [-0.25, -0.2) is 12.8 Å². The van der Waals surface area contributed by atoms with E-state index in [1.54, 1.807) is 18.2 Å². The highest BCUT2D eigenvalue weighted by atomic mass is 79.9. The molecule has 0 bridgehead atoms. The molecule has 1 aliphatic rings. The summed E-state index contributed by atoms with van der Waals surface area (Å²) in [5, 5.41) is 2.28. The zero-order valence-corrected chi connectivity index (χ0v) is 15.7. The van der Waals surface area contributed by atoms with Crippen LogP contribution in [0.25, 0.3) is 0 Å². The fraction of sp³-hybridized carbons (Fsp3) is 0.278. The quantitative estimate of drug-likeness (QED) is 0.780. The highest BCUT2D eigenvalue weighted by Gasteiger charge is 2.30. The lowest BCUT2D eigenvalue weighted by Crippen LogP contribution is -2.18. The summed E-state index contributed by atoms with van der Waals surface area (Å²) in [6.07, 6.45) is 3.20. The van der Waals surface area contributed by atoms with Crippen molar-refractivity contribution in [3.63, 3.8) is 0 Å². The molecule has 0 heterocycles. The second kappa shape index (κ2) is 7.25. The fourth-order valence-corrected chi connectivity index (χ4v) is 5.34. The largest absolute Gasteiger partial charge is 0.322 e. The molecule has 0 radical (unpaired) electrons. The number of sulfone groups is 1. The van der Waals surface area contributed by atoms with E-state index < -0.39 is 21.6 Å². The summed E-state index contributed by atoms with van der Waals surface area (Å²) in [7, 11) is -3.40. The number of anilines is 1. The first-order valence-electron chi connectivity index (χ1n) is 7.98. The van der Waals surface area contributed by atoms with Crippen molar-refractivity contribution in [3.05, 3.63) is 58.3 Å². The first-order chi connectivity index (χ1) is 11.9. The van der Waals surface area contributed by atoms with Crippen molar-refractivity contribution in [2.75, 3.05) is 5.32 Å². The highest BCUT2D eigenvalue weighted by molar-refractivity contribution is 9.10. The van der Waals surface area contributed by atoms with Gasteiger partial charge < -0.3 is 5.32 Å². The molecule has 0 atom stereocenters. The zero-order valence-electron chi connectivity index (χ0n) is 13.3. The minimum Gasteiger partial charge on any atom is -0.322 e. The van der Waals surface area contributed by atoms with E-state index in [-0.39, 0.29) is 15.7 Å². The Hall–Kier alpha value is -1.73. The maximum atomic E-state index is 13.4. The second-order valence-electron chi connectivity index (χ2n) is 6.06. The van der Waals surface area contributed by atoms with Crippen LogP contribution in [0.1, 0.15) is 36.0 Å². The Bertz CT molecular complexity index is 908. The Morgan fingerprint density at radius 2 is 1.84 bits per heavy atom. The third-order valence-corrected chi connectivity index (χ3v) is 7.29. The molecule has 132 valence electrons. The fourth-order valence-electron chi connectivity index (χ4n) is 3.01. The maximum Gasteiger partial charge on any atom is 0.256 e. The first-order valence-corrected chi connectivity index (χ1v) is 10.3. The molecule has 2 aromatic rings. The van der Waals surface area contributed by atoms with Crippen LogP contribution in [0.5, 0.6) is 0 Å². The van der Waals surface area contributed by atoms with Crippen LogP contribution in [-0.4, -0.2) is 19.6 Å². The number of halogens is 2. The molecule has 0 aromatic heterocycles. The number of rotatable bonds is 4. The second-order valence-corrected chi connectivity index (χ2v) is 9.14. The van der Waals surface area contributed by atoms with Gasteiger partial charge in [-0.2, -0.15) is 0 Å². The van der Waals surface area contributed by atoms with Crippen LogP contribution >= 0.6 is 15.9 Å². The molecule has 1 fully saturated rings. The Balaban J connectivity index is 1.84. The lowest BCUT2D eigenvalue weighted by Gasteiger charge is -2.13. The number of nitrogens with one attached hydrogen (secondary N) is 1. The monoisotopic (exact) mass is 425 g/mol. The van der Waals surface area contributed by atoms with E-state index in [1.165, 1.54) is 18.2 Å². The van der Waals surface area contributed by atoms with Crippen molar-refractivity contribution < 1.29 is 17.6 Å². The Morgan fingerprint density at radius 3 is 2.56 bits per heavy atom. The van der Waals surface area contributed by atoms with Gasteiger partial charge in [0.15, 0.2) is 9.84 Å². The molecule has 1 aliphatic carbocycles. The van der Waals surface area contributed by atoms with Gasteiger partial charge in [-0.3, -0.25) is 4.79 Å². The van der Waals surface area contributed by atoms with E-state index in [4.69, 9.17) is 0 Å². The molecule has 0 unspecified atom stereocenters. The van der Waals surface area contributed by atoms with Crippen molar-refractivity contribution >= 4 is 37.4 Å². The van der Waals surface area contributed by atoms with Gasteiger partial charge in [0.25, 0.3) is 5.91 Å². The van der Waals surface area contributed by atoms with Crippen molar-refractivity contribution in [3.8, 4) is 0 Å². The molecular formula is C18H17BrFNO3S. The molecule has 25 heavy (non-hydrogen) atoms. The minimum atomic E-state index is -3.40. The van der Waals surface area contributed by atoms with E-state index in [9.17, 15) is 17.6 Å². The number of carbonyl (C=O) groups excluding carboxylic acids is 1. The molecule has 3 rings (SSSR count). The number of amides is 1. The van der Waals surface area contributed by atoms with Crippen LogP contribution in [0.4, 0.5) is 10.1 Å². The molecule has 1 N–H and O–H groups in total. The molecule has 0 saturated heterocycles. The molecule has 2 aromatic carbocycles. The Labute approximate surface area is 154 Å². The van der Waals surface area contributed by atoms with Crippen LogP contribution in [0.2, 0.25) is 0 Å². The maximum absolute atomic E-state index is 13.4. The van der Waals surface area contributed by atoms with Gasteiger partial charge >= 0.3 is 0 Å². The molecule has 0 aliphatic heterocycles. The summed E-state index contributed by atoms with van der Waals surface area (Å²) in [6, 6.07) is 10.0. The summed E-state index contributed by atoms with van der Waals surface area (Å²) < 4.78 is 39.2. The molecule has 0 spiro atoms. The van der Waals surface area contributed by atoms with Gasteiger partial charge in [-0.05, 0) is 65.2 Å². The molecule has 1 amide bonds. The van der Waals surface area contributed by atoms with E-state index in [1.807, 2.05) is 0 Å². The number of benzene rings is 2. The van der Waals surface area contributed by atoms with Crippen LogP contribution in [0.15, 0.2) is 51.8 Å². The standard InChI is InChI=1S/C18H17BrFNO3S/c19-17-9-8-12(20)10-16(17)18(22)21-13-4-3-7-15(11-13)25(23,24)14-5-1-2-6-14/h3-4,7-11,14H,1-2,5-6H2,(H,21,22). The smallest absolute Gasteiger partial charge is 0.256 e. The number of hydrogen-bond acceptors (Lipinski definition) is 3. The lowest BCUT2D eigenvalue weighted by atomic mass is 10.2. The van der Waals surface area contributed by atoms with E-state index in [2.05, 4.69) is 21.2 Å². The third kappa shape index (κ3) is 3.93. The van der Waals surface area contributed by atoms with E-state index >= 15 is 0 Å². The van der Waals surface area contributed by atoms with Crippen molar-refractivity contribution in [1.82, 2.24) is 0 Å². The van der Waals surface area contributed by atoms with Crippen LogP contribution in [0, 0.1) is 5.82 Å². The van der Waals surface area contributed by atoms with Crippen molar-refractivity contribution in [2.24, 2.45) is 0 Å². The summed E-state index contributed by atoms with van der Waals surface area (Å²) in [5.41, 5.74) is 0.504. The predicted molar refractivity (Wildman–Crippen MR) is 97.9 cm³/mol. The van der Waals surface area contributed by atoms with E-state index in [0.717, 1.165) is 18.9 Å². The molecular weight excluding hydrogens is 409 g/mol. The van der Waals surface area contributed by atoms with Crippen LogP contribution < -0.4 is 5.32 Å². The molecule has 1 saturated carbocycles. The van der Waals surface area contributed by atoms with Crippen LogP contribution in [-0.2, 0) is 9.84 Å². The first kappa shape index (κ1) is 18.1. The Kier molecular flexibility index (Phi) is 5.24. The van der Waals surface area contributed by atoms with Crippen molar-refractivity contribution in [1.29, 1.82) is 0 Å². The lowest BCUT2D eigenvalue weighted by molar-refractivity contribution is 0.102. The van der Waals surface area contributed by atoms with Gasteiger partial charge in [-0.1, -0.05) is 18.9 Å². The summed E-state index contributed by atoms with van der Waals surface area (Å²) in [5.74, 6) is -1.03.